The molecule has 0 bridgehead atoms. The van der Waals surface area contributed by atoms with Gasteiger partial charge in [0.1, 0.15) is 11.6 Å². The van der Waals surface area contributed by atoms with E-state index in [-0.39, 0.29) is 0 Å². The molecule has 0 spiro atoms. The average Bonchev–Trinajstić information content (AvgIpc) is 3.23. The number of benzene rings is 2. The largest absolute Gasteiger partial charge is 0.465 e. The van der Waals surface area contributed by atoms with Gasteiger partial charge in [0.05, 0.1) is 17.3 Å². The van der Waals surface area contributed by atoms with Crippen LogP contribution in [0.3, 0.4) is 0 Å². The van der Waals surface area contributed by atoms with Gasteiger partial charge in [0, 0.05) is 6.54 Å². The maximum atomic E-state index is 5.38. The Morgan fingerprint density at radius 3 is 2.58 bits per heavy atom. The molecule has 0 saturated carbocycles. The van der Waals surface area contributed by atoms with Gasteiger partial charge in [-0.25, -0.2) is 4.98 Å². The summed E-state index contributed by atoms with van der Waals surface area (Å²) < 4.78 is 7.61. The Morgan fingerprint density at radius 2 is 1.79 bits per heavy atom. The number of furan rings is 1. The molecule has 24 heavy (non-hydrogen) atoms. The van der Waals surface area contributed by atoms with Crippen molar-refractivity contribution in [2.24, 2.45) is 0 Å². The second-order valence-corrected chi connectivity index (χ2v) is 5.88. The first-order valence-electron chi connectivity index (χ1n) is 8.02. The van der Waals surface area contributed by atoms with E-state index in [1.54, 1.807) is 6.26 Å². The van der Waals surface area contributed by atoms with Crippen molar-refractivity contribution in [3.05, 3.63) is 89.6 Å². The summed E-state index contributed by atoms with van der Waals surface area (Å²) in [6, 6.07) is 20.7. The van der Waals surface area contributed by atoms with Gasteiger partial charge in [-0.2, -0.15) is 0 Å². The molecule has 2 aromatic carbocycles. The fourth-order valence-corrected chi connectivity index (χ4v) is 2.81. The number of hydrogen-bond acceptors (Lipinski definition) is 2. The molecule has 0 unspecified atom stereocenters. The SMILES string of the molecule is Cc1ccc(Cn2c(/C=C/c3ccco3)nc3ccccc32)cc1. The molecular weight excluding hydrogens is 296 g/mol. The predicted molar refractivity (Wildman–Crippen MR) is 97.7 cm³/mol. The van der Waals surface area contributed by atoms with E-state index in [2.05, 4.69) is 47.9 Å². The Hall–Kier alpha value is -3.07. The van der Waals surface area contributed by atoms with Crippen molar-refractivity contribution < 1.29 is 4.42 Å². The first-order valence-corrected chi connectivity index (χ1v) is 8.02. The summed E-state index contributed by atoms with van der Waals surface area (Å²) in [7, 11) is 0. The number of nitrogens with zero attached hydrogens (tertiary/aromatic N) is 2. The minimum Gasteiger partial charge on any atom is -0.465 e. The highest BCUT2D eigenvalue weighted by Crippen LogP contribution is 2.20. The molecule has 0 N–H and O–H groups in total. The van der Waals surface area contributed by atoms with Crippen LogP contribution in [0.15, 0.2) is 71.3 Å². The zero-order valence-electron chi connectivity index (χ0n) is 13.5. The van der Waals surface area contributed by atoms with E-state index >= 15 is 0 Å². The molecule has 0 aliphatic heterocycles. The maximum Gasteiger partial charge on any atom is 0.134 e. The molecule has 3 heteroatoms. The van der Waals surface area contributed by atoms with E-state index in [9.17, 15) is 0 Å². The van der Waals surface area contributed by atoms with Gasteiger partial charge in [0.15, 0.2) is 0 Å². The van der Waals surface area contributed by atoms with Crippen LogP contribution in [0, 0.1) is 6.92 Å². The average molecular weight is 314 g/mol. The fraction of sp³-hybridized carbons (Fsp3) is 0.0952. The molecule has 3 nitrogen and oxygen atoms in total. The van der Waals surface area contributed by atoms with E-state index in [1.165, 1.54) is 11.1 Å². The number of imidazole rings is 1. The Morgan fingerprint density at radius 1 is 0.958 bits per heavy atom. The highest BCUT2D eigenvalue weighted by atomic mass is 16.3. The topological polar surface area (TPSA) is 31.0 Å². The normalized spacial score (nSPS) is 11.5. The van der Waals surface area contributed by atoms with Crippen LogP contribution in [0.4, 0.5) is 0 Å². The molecular formula is C21H18N2O. The molecule has 0 aliphatic carbocycles. The number of para-hydroxylation sites is 2. The Balaban J connectivity index is 1.76. The number of hydrogen-bond donors (Lipinski definition) is 0. The Kier molecular flexibility index (Phi) is 3.75. The van der Waals surface area contributed by atoms with Crippen LogP contribution in [0.2, 0.25) is 0 Å². The first-order chi connectivity index (χ1) is 11.8. The minimum absolute atomic E-state index is 0.790. The lowest BCUT2D eigenvalue weighted by Crippen LogP contribution is -2.02. The fourth-order valence-electron chi connectivity index (χ4n) is 2.81. The van der Waals surface area contributed by atoms with Gasteiger partial charge in [-0.05, 0) is 48.9 Å². The zero-order valence-corrected chi connectivity index (χ0v) is 13.5. The van der Waals surface area contributed by atoms with Gasteiger partial charge in [0.25, 0.3) is 0 Å². The molecule has 0 saturated heterocycles. The third-order valence-electron chi connectivity index (χ3n) is 4.09. The number of aromatic nitrogens is 2. The molecule has 0 atom stereocenters. The van der Waals surface area contributed by atoms with Gasteiger partial charge in [0.2, 0.25) is 0 Å². The predicted octanol–water partition coefficient (Wildman–Crippen LogP) is 5.16. The highest BCUT2D eigenvalue weighted by Gasteiger charge is 2.09. The van der Waals surface area contributed by atoms with Crippen LogP contribution in [0.1, 0.15) is 22.7 Å². The lowest BCUT2D eigenvalue weighted by Gasteiger charge is -2.08. The van der Waals surface area contributed by atoms with Crippen LogP contribution in [0.5, 0.6) is 0 Å². The van der Waals surface area contributed by atoms with Crippen molar-refractivity contribution in [3.8, 4) is 0 Å². The maximum absolute atomic E-state index is 5.38. The van der Waals surface area contributed by atoms with Crippen molar-refractivity contribution in [1.82, 2.24) is 9.55 Å². The van der Waals surface area contributed by atoms with Gasteiger partial charge in [-0.15, -0.1) is 0 Å². The van der Waals surface area contributed by atoms with Crippen molar-refractivity contribution >= 4 is 23.2 Å². The summed E-state index contributed by atoms with van der Waals surface area (Å²) in [4.78, 5) is 4.76. The smallest absolute Gasteiger partial charge is 0.134 e. The molecule has 0 fully saturated rings. The molecule has 0 radical (unpaired) electrons. The number of rotatable bonds is 4. The quantitative estimate of drug-likeness (QED) is 0.521. The van der Waals surface area contributed by atoms with Gasteiger partial charge in [-0.1, -0.05) is 42.0 Å². The number of fused-ring (bicyclic) bond motifs is 1. The van der Waals surface area contributed by atoms with Crippen molar-refractivity contribution in [1.29, 1.82) is 0 Å². The van der Waals surface area contributed by atoms with Gasteiger partial charge in [-0.3, -0.25) is 0 Å². The second kappa shape index (κ2) is 6.20. The molecule has 4 rings (SSSR count). The van der Waals surface area contributed by atoms with Crippen LogP contribution < -0.4 is 0 Å². The van der Waals surface area contributed by atoms with Crippen molar-refractivity contribution in [2.45, 2.75) is 13.5 Å². The number of aryl methyl sites for hydroxylation is 1. The van der Waals surface area contributed by atoms with Crippen LogP contribution >= 0.6 is 0 Å². The van der Waals surface area contributed by atoms with E-state index in [4.69, 9.17) is 9.40 Å². The Bertz CT molecular complexity index is 977. The standard InChI is InChI=1S/C21H18N2O/c1-16-8-10-17(11-9-16)15-23-20-7-3-2-6-19(20)22-21(23)13-12-18-5-4-14-24-18/h2-14H,15H2,1H3/b13-12+. The van der Waals surface area contributed by atoms with Crippen molar-refractivity contribution in [3.63, 3.8) is 0 Å². The van der Waals surface area contributed by atoms with E-state index in [0.29, 0.717) is 0 Å². The second-order valence-electron chi connectivity index (χ2n) is 5.88. The van der Waals surface area contributed by atoms with Crippen LogP contribution in [0.25, 0.3) is 23.2 Å². The monoisotopic (exact) mass is 314 g/mol. The summed E-state index contributed by atoms with van der Waals surface area (Å²) in [5.41, 5.74) is 4.67. The third kappa shape index (κ3) is 2.88. The summed E-state index contributed by atoms with van der Waals surface area (Å²) in [6.45, 7) is 2.90. The van der Waals surface area contributed by atoms with E-state index in [0.717, 1.165) is 29.2 Å². The van der Waals surface area contributed by atoms with Crippen LogP contribution in [-0.2, 0) is 6.54 Å². The Labute approximate surface area is 140 Å². The third-order valence-corrected chi connectivity index (χ3v) is 4.09. The first kappa shape index (κ1) is 14.5. The molecule has 2 heterocycles. The van der Waals surface area contributed by atoms with E-state index < -0.39 is 0 Å². The molecule has 4 aromatic rings. The zero-order chi connectivity index (χ0) is 16.4. The molecule has 118 valence electrons. The molecule has 0 aliphatic rings. The van der Waals surface area contributed by atoms with Gasteiger partial charge < -0.3 is 8.98 Å². The van der Waals surface area contributed by atoms with Gasteiger partial charge >= 0.3 is 0 Å². The summed E-state index contributed by atoms with van der Waals surface area (Å²) in [6.07, 6.45) is 5.63. The molecule has 0 amide bonds. The van der Waals surface area contributed by atoms with Crippen molar-refractivity contribution in [2.75, 3.05) is 0 Å². The van der Waals surface area contributed by atoms with E-state index in [1.807, 2.05) is 36.4 Å². The highest BCUT2D eigenvalue weighted by molar-refractivity contribution is 5.79. The lowest BCUT2D eigenvalue weighted by molar-refractivity contribution is 0.557. The minimum atomic E-state index is 0.790. The summed E-state index contributed by atoms with van der Waals surface area (Å²) in [5.74, 6) is 1.75. The molecule has 2 aromatic heterocycles. The summed E-state index contributed by atoms with van der Waals surface area (Å²) in [5, 5.41) is 0. The van der Waals surface area contributed by atoms with Crippen LogP contribution in [-0.4, -0.2) is 9.55 Å². The lowest BCUT2D eigenvalue weighted by atomic mass is 10.1. The summed E-state index contributed by atoms with van der Waals surface area (Å²) >= 11 is 0.